The fourth-order valence-electron chi connectivity index (χ4n) is 2.12. The van der Waals surface area contributed by atoms with Crippen LogP contribution in [0.25, 0.3) is 0 Å². The van der Waals surface area contributed by atoms with Crippen LogP contribution in [-0.4, -0.2) is 35.1 Å². The Morgan fingerprint density at radius 1 is 1.12 bits per heavy atom. The van der Waals surface area contributed by atoms with Gasteiger partial charge in [-0.3, -0.25) is 4.55 Å². The summed E-state index contributed by atoms with van der Waals surface area (Å²) in [6.45, 7) is 14.8. The highest BCUT2D eigenvalue weighted by Gasteiger charge is 2.32. The SMILES string of the molecule is Cc1cccc(C)c1NC(=NC(C)(C)C)N(OS(=O)(=O)O)C(C)(C)C. The smallest absolute Gasteiger partial charge is 0.324 e. The lowest BCUT2D eigenvalue weighted by molar-refractivity contribution is -0.0581. The molecule has 7 nitrogen and oxygen atoms in total. The number of hydroxylamine groups is 2. The second kappa shape index (κ2) is 7.31. The van der Waals surface area contributed by atoms with Crippen molar-refractivity contribution < 1.29 is 17.3 Å². The monoisotopic (exact) mass is 371 g/mol. The molecule has 0 aliphatic rings. The maximum Gasteiger partial charge on any atom is 0.418 e. The highest BCUT2D eigenvalue weighted by atomic mass is 32.3. The molecule has 0 amide bonds. The molecule has 0 aromatic heterocycles. The minimum Gasteiger partial charge on any atom is -0.324 e. The van der Waals surface area contributed by atoms with Crippen LogP contribution in [0.5, 0.6) is 0 Å². The summed E-state index contributed by atoms with van der Waals surface area (Å²) in [4.78, 5) is 4.57. The van der Waals surface area contributed by atoms with Crippen molar-refractivity contribution in [2.45, 2.75) is 66.5 Å². The Morgan fingerprint density at radius 2 is 1.60 bits per heavy atom. The van der Waals surface area contributed by atoms with E-state index in [2.05, 4.69) is 10.3 Å². The first kappa shape index (κ1) is 21.4. The molecule has 25 heavy (non-hydrogen) atoms. The molecule has 1 aromatic carbocycles. The Hall–Kier alpha value is -1.64. The topological polar surface area (TPSA) is 91.2 Å². The first-order valence-corrected chi connectivity index (χ1v) is 9.37. The number of hydrogen-bond donors (Lipinski definition) is 2. The molecular formula is C17H29N3O4S. The summed E-state index contributed by atoms with van der Waals surface area (Å²) < 4.78 is 36.7. The van der Waals surface area contributed by atoms with Crippen LogP contribution in [0.2, 0.25) is 0 Å². The zero-order valence-corrected chi connectivity index (χ0v) is 17.0. The first-order valence-electron chi connectivity index (χ1n) is 8.00. The van der Waals surface area contributed by atoms with Crippen molar-refractivity contribution in [1.82, 2.24) is 5.06 Å². The van der Waals surface area contributed by atoms with Crippen LogP contribution in [0.4, 0.5) is 5.69 Å². The van der Waals surface area contributed by atoms with Crippen molar-refractivity contribution in [1.29, 1.82) is 0 Å². The van der Waals surface area contributed by atoms with E-state index in [1.54, 1.807) is 20.8 Å². The number of hydrogen-bond acceptors (Lipinski definition) is 4. The maximum absolute atomic E-state index is 11.4. The van der Waals surface area contributed by atoms with Crippen LogP contribution >= 0.6 is 0 Å². The highest BCUT2D eigenvalue weighted by Crippen LogP contribution is 2.24. The summed E-state index contributed by atoms with van der Waals surface area (Å²) in [5.41, 5.74) is 1.46. The van der Waals surface area contributed by atoms with Gasteiger partial charge in [-0.05, 0) is 66.5 Å². The molecule has 8 heteroatoms. The van der Waals surface area contributed by atoms with Gasteiger partial charge < -0.3 is 5.32 Å². The third-order valence-corrected chi connectivity index (χ3v) is 3.47. The van der Waals surface area contributed by atoms with Gasteiger partial charge in [-0.2, -0.15) is 13.5 Å². The maximum atomic E-state index is 11.4. The Balaban J connectivity index is 3.48. The lowest BCUT2D eigenvalue weighted by Crippen LogP contribution is -2.50. The summed E-state index contributed by atoms with van der Waals surface area (Å²) in [5.74, 6) is 0.190. The van der Waals surface area contributed by atoms with E-state index < -0.39 is 21.5 Å². The molecule has 1 rings (SSSR count). The van der Waals surface area contributed by atoms with Gasteiger partial charge in [0.2, 0.25) is 5.96 Å². The molecule has 1 aromatic rings. The predicted molar refractivity (Wildman–Crippen MR) is 101 cm³/mol. The lowest BCUT2D eigenvalue weighted by atomic mass is 10.1. The van der Waals surface area contributed by atoms with Crippen LogP contribution in [-0.2, 0) is 14.7 Å². The third kappa shape index (κ3) is 7.01. The van der Waals surface area contributed by atoms with E-state index in [-0.39, 0.29) is 5.96 Å². The minimum absolute atomic E-state index is 0.190. The van der Waals surface area contributed by atoms with Crippen molar-refractivity contribution in [2.75, 3.05) is 5.32 Å². The van der Waals surface area contributed by atoms with Gasteiger partial charge in [0.05, 0.1) is 11.1 Å². The second-order valence-corrected chi connectivity index (χ2v) is 8.97. The van der Waals surface area contributed by atoms with Crippen LogP contribution in [0.3, 0.4) is 0 Å². The number of aryl methyl sites for hydroxylation is 2. The number of nitrogens with zero attached hydrogens (tertiary/aromatic N) is 2. The molecule has 2 N–H and O–H groups in total. The van der Waals surface area contributed by atoms with E-state index in [9.17, 15) is 13.0 Å². The van der Waals surface area contributed by atoms with E-state index in [4.69, 9.17) is 4.28 Å². The standard InChI is InChI=1S/C17H29N3O4S/c1-12-10-9-11-13(2)14(12)18-15(19-16(3,4)5)20(17(6,7)8)24-25(21,22)23/h9-11H,1-8H3,(H,18,19)(H,21,22,23). The van der Waals surface area contributed by atoms with Gasteiger partial charge in [0, 0.05) is 5.69 Å². The largest absolute Gasteiger partial charge is 0.418 e. The van der Waals surface area contributed by atoms with Crippen LogP contribution in [0.15, 0.2) is 23.2 Å². The molecule has 142 valence electrons. The van der Waals surface area contributed by atoms with Gasteiger partial charge in [-0.15, -0.1) is 4.28 Å². The summed E-state index contributed by atoms with van der Waals surface area (Å²) in [6, 6.07) is 5.82. The van der Waals surface area contributed by atoms with Gasteiger partial charge >= 0.3 is 10.4 Å². The number of para-hydroxylation sites is 1. The summed E-state index contributed by atoms with van der Waals surface area (Å²) in [5, 5.41) is 4.25. The highest BCUT2D eigenvalue weighted by molar-refractivity contribution is 7.80. The fraction of sp³-hybridized carbons (Fsp3) is 0.588. The van der Waals surface area contributed by atoms with Crippen LogP contribution < -0.4 is 5.32 Å². The molecule has 0 heterocycles. The van der Waals surface area contributed by atoms with E-state index in [0.717, 1.165) is 21.9 Å². The van der Waals surface area contributed by atoms with Gasteiger partial charge in [0.25, 0.3) is 0 Å². The number of benzene rings is 1. The third-order valence-electron chi connectivity index (χ3n) is 3.13. The lowest BCUT2D eigenvalue weighted by Gasteiger charge is -2.36. The fourth-order valence-corrected chi connectivity index (χ4v) is 2.61. The Morgan fingerprint density at radius 3 is 1.96 bits per heavy atom. The number of guanidine groups is 1. The molecule has 0 aliphatic heterocycles. The van der Waals surface area contributed by atoms with Crippen LogP contribution in [0.1, 0.15) is 52.7 Å². The summed E-state index contributed by atoms with van der Waals surface area (Å²) in [7, 11) is -4.71. The molecule has 0 spiro atoms. The number of nitrogens with one attached hydrogen (secondary N) is 1. The molecule has 0 atom stereocenters. The van der Waals surface area contributed by atoms with Gasteiger partial charge in [0.15, 0.2) is 0 Å². The van der Waals surface area contributed by atoms with E-state index >= 15 is 0 Å². The van der Waals surface area contributed by atoms with E-state index in [0.29, 0.717) is 0 Å². The normalized spacial score (nSPS) is 13.7. The number of anilines is 1. The van der Waals surface area contributed by atoms with Crippen molar-refractivity contribution in [3.8, 4) is 0 Å². The molecule has 0 fully saturated rings. The average Bonchev–Trinajstić information content (AvgIpc) is 2.35. The van der Waals surface area contributed by atoms with E-state index in [1.165, 1.54) is 0 Å². The molecule has 0 saturated heterocycles. The average molecular weight is 372 g/mol. The van der Waals surface area contributed by atoms with Crippen molar-refractivity contribution in [3.63, 3.8) is 0 Å². The Kier molecular flexibility index (Phi) is 6.26. The molecule has 0 aliphatic carbocycles. The van der Waals surface area contributed by atoms with Crippen molar-refractivity contribution in [3.05, 3.63) is 29.3 Å². The quantitative estimate of drug-likeness (QED) is 0.364. The zero-order chi connectivity index (χ0) is 19.6. The zero-order valence-electron chi connectivity index (χ0n) is 16.2. The van der Waals surface area contributed by atoms with Crippen molar-refractivity contribution in [2.24, 2.45) is 4.99 Å². The molecule has 0 bridgehead atoms. The molecule has 0 unspecified atom stereocenters. The summed E-state index contributed by atoms with van der Waals surface area (Å²) >= 11 is 0. The second-order valence-electron chi connectivity index (χ2n) is 7.97. The van der Waals surface area contributed by atoms with Gasteiger partial charge in [-0.25, -0.2) is 4.99 Å². The molecule has 0 radical (unpaired) electrons. The van der Waals surface area contributed by atoms with E-state index in [1.807, 2.05) is 52.8 Å². The van der Waals surface area contributed by atoms with Gasteiger partial charge in [0.1, 0.15) is 0 Å². The predicted octanol–water partition coefficient (Wildman–Crippen LogP) is 3.70. The molecular weight excluding hydrogens is 342 g/mol. The van der Waals surface area contributed by atoms with Crippen molar-refractivity contribution >= 4 is 22.0 Å². The van der Waals surface area contributed by atoms with Gasteiger partial charge in [-0.1, -0.05) is 18.2 Å². The van der Waals surface area contributed by atoms with Crippen LogP contribution in [0, 0.1) is 13.8 Å². The number of rotatable bonds is 3. The summed E-state index contributed by atoms with van der Waals surface area (Å²) in [6.07, 6.45) is 0. The Labute approximate surface area is 151 Å². The molecule has 0 saturated carbocycles. The Bertz CT molecular complexity index is 724. The minimum atomic E-state index is -4.71. The first-order chi connectivity index (χ1) is 11.1. The number of aliphatic imine (C=N–C) groups is 1.